The molecule has 1 aliphatic carbocycles. The van der Waals surface area contributed by atoms with Crippen molar-refractivity contribution in [2.75, 3.05) is 25.5 Å². The number of allylic oxidation sites excluding steroid dienone is 1. The number of carbonyl (C=O) groups excluding carboxylic acids is 3. The lowest BCUT2D eigenvalue weighted by molar-refractivity contribution is -0.140. The molecule has 0 unspecified atom stereocenters. The number of rotatable bonds is 9. The van der Waals surface area contributed by atoms with Gasteiger partial charge in [-0.2, -0.15) is 0 Å². The fraction of sp³-hybridized carbons (Fsp3) is 0.577. The molecule has 2 aliphatic rings. The second kappa shape index (κ2) is 11.0. The van der Waals surface area contributed by atoms with E-state index in [0.29, 0.717) is 6.54 Å². The highest BCUT2D eigenvalue weighted by atomic mass is 16.3. The standard InChI is InChI=1S/C26H37N3O4/c1-16-12-13-19-21(20(16)24(31)27-4)26(33)29(14-7-5-6-8-15-30)23(19)25(32)28-22-17(2)10-9-11-18(22)3/h9-13,16,19-21,23,30H,5-8,14-15H2,1-4H3,(H,27,31)(H,28,32)/t16-,19+,20-,21+,23+/m1/s1. The number of aliphatic hydroxyl groups is 1. The second-order valence-electron chi connectivity index (χ2n) is 9.36. The van der Waals surface area contributed by atoms with Crippen molar-refractivity contribution in [2.24, 2.45) is 23.7 Å². The van der Waals surface area contributed by atoms with E-state index in [4.69, 9.17) is 5.11 Å². The average Bonchev–Trinajstić information content (AvgIpc) is 3.07. The van der Waals surface area contributed by atoms with Gasteiger partial charge in [0.2, 0.25) is 17.7 Å². The SMILES string of the molecule is CNC(=O)[C@H]1[C@H]2C(=O)N(CCCCCCO)[C@H](C(=O)Nc3c(C)cccc3C)[C@H]2C=C[C@H]1C. The number of unbranched alkanes of at least 4 members (excludes halogenated alkanes) is 3. The van der Waals surface area contributed by atoms with Crippen molar-refractivity contribution in [3.63, 3.8) is 0 Å². The normalized spacial score (nSPS) is 26.3. The fourth-order valence-electron chi connectivity index (χ4n) is 5.36. The molecule has 0 saturated carbocycles. The summed E-state index contributed by atoms with van der Waals surface area (Å²) in [5.74, 6) is -1.95. The molecular formula is C26H37N3O4. The molecule has 3 rings (SSSR count). The molecule has 5 atom stereocenters. The number of fused-ring (bicyclic) bond motifs is 1. The van der Waals surface area contributed by atoms with Crippen molar-refractivity contribution in [3.8, 4) is 0 Å². The number of anilines is 1. The zero-order valence-corrected chi connectivity index (χ0v) is 20.1. The number of nitrogens with zero attached hydrogens (tertiary/aromatic N) is 1. The predicted molar refractivity (Wildman–Crippen MR) is 128 cm³/mol. The van der Waals surface area contributed by atoms with E-state index in [1.807, 2.05) is 51.1 Å². The van der Waals surface area contributed by atoms with Crippen molar-refractivity contribution in [1.82, 2.24) is 10.2 Å². The molecule has 7 nitrogen and oxygen atoms in total. The van der Waals surface area contributed by atoms with Crippen LogP contribution in [0.4, 0.5) is 5.69 Å². The molecule has 180 valence electrons. The summed E-state index contributed by atoms with van der Waals surface area (Å²) >= 11 is 0. The summed E-state index contributed by atoms with van der Waals surface area (Å²) in [6.45, 7) is 6.47. The van der Waals surface area contributed by atoms with Gasteiger partial charge in [-0.3, -0.25) is 14.4 Å². The van der Waals surface area contributed by atoms with Gasteiger partial charge in [-0.15, -0.1) is 0 Å². The summed E-state index contributed by atoms with van der Waals surface area (Å²) in [6, 6.07) is 5.20. The van der Waals surface area contributed by atoms with E-state index in [-0.39, 0.29) is 36.2 Å². The largest absolute Gasteiger partial charge is 0.396 e. The Morgan fingerprint density at radius 1 is 1.03 bits per heavy atom. The highest BCUT2D eigenvalue weighted by Crippen LogP contribution is 2.44. The quantitative estimate of drug-likeness (QED) is 0.394. The summed E-state index contributed by atoms with van der Waals surface area (Å²) in [7, 11) is 1.59. The number of aryl methyl sites for hydroxylation is 2. The van der Waals surface area contributed by atoms with E-state index in [9.17, 15) is 14.4 Å². The van der Waals surface area contributed by atoms with Crippen LogP contribution >= 0.6 is 0 Å². The number of carbonyl (C=O) groups is 3. The Bertz CT molecular complexity index is 893. The minimum atomic E-state index is -0.657. The summed E-state index contributed by atoms with van der Waals surface area (Å²) in [4.78, 5) is 41.7. The monoisotopic (exact) mass is 455 g/mol. The summed E-state index contributed by atoms with van der Waals surface area (Å²) in [6.07, 6.45) is 7.17. The second-order valence-corrected chi connectivity index (χ2v) is 9.36. The predicted octanol–water partition coefficient (Wildman–Crippen LogP) is 2.81. The number of amides is 3. The Hall–Kier alpha value is -2.67. The lowest BCUT2D eigenvalue weighted by atomic mass is 9.70. The van der Waals surface area contributed by atoms with Crippen LogP contribution in [0.1, 0.15) is 43.7 Å². The van der Waals surface area contributed by atoms with E-state index >= 15 is 0 Å². The van der Waals surface area contributed by atoms with Crippen LogP contribution in [0.25, 0.3) is 0 Å². The highest BCUT2D eigenvalue weighted by molar-refractivity contribution is 6.02. The molecule has 0 aromatic heterocycles. The molecule has 3 amide bonds. The Morgan fingerprint density at radius 3 is 2.33 bits per heavy atom. The minimum absolute atomic E-state index is 0.0815. The van der Waals surface area contributed by atoms with Crippen molar-refractivity contribution >= 4 is 23.4 Å². The highest BCUT2D eigenvalue weighted by Gasteiger charge is 2.56. The smallest absolute Gasteiger partial charge is 0.247 e. The van der Waals surface area contributed by atoms with Crippen LogP contribution in [-0.2, 0) is 14.4 Å². The fourth-order valence-corrected chi connectivity index (χ4v) is 5.36. The maximum absolute atomic E-state index is 13.6. The number of hydrogen-bond donors (Lipinski definition) is 3. The van der Waals surface area contributed by atoms with Crippen LogP contribution in [0.5, 0.6) is 0 Å². The van der Waals surface area contributed by atoms with Gasteiger partial charge in [0.05, 0.1) is 11.8 Å². The van der Waals surface area contributed by atoms with Gasteiger partial charge in [0.1, 0.15) is 6.04 Å². The molecule has 1 heterocycles. The molecule has 7 heteroatoms. The zero-order chi connectivity index (χ0) is 24.1. The molecule has 1 saturated heterocycles. The lowest BCUT2D eigenvalue weighted by Gasteiger charge is -2.32. The Balaban J connectivity index is 1.91. The van der Waals surface area contributed by atoms with Crippen LogP contribution in [0.15, 0.2) is 30.4 Å². The maximum atomic E-state index is 13.6. The first-order chi connectivity index (χ1) is 15.8. The van der Waals surface area contributed by atoms with Crippen LogP contribution in [0.3, 0.4) is 0 Å². The van der Waals surface area contributed by atoms with E-state index < -0.39 is 17.9 Å². The van der Waals surface area contributed by atoms with Crippen LogP contribution in [0.2, 0.25) is 0 Å². The van der Waals surface area contributed by atoms with Crippen molar-refractivity contribution in [1.29, 1.82) is 0 Å². The Labute approximate surface area is 196 Å². The Kier molecular flexibility index (Phi) is 8.30. The topological polar surface area (TPSA) is 98.7 Å². The van der Waals surface area contributed by atoms with Gasteiger partial charge in [0.15, 0.2) is 0 Å². The van der Waals surface area contributed by atoms with Gasteiger partial charge in [-0.25, -0.2) is 0 Å². The summed E-state index contributed by atoms with van der Waals surface area (Å²) in [5.41, 5.74) is 2.71. The first-order valence-corrected chi connectivity index (χ1v) is 12.0. The number of hydrogen-bond acceptors (Lipinski definition) is 4. The van der Waals surface area contributed by atoms with Gasteiger partial charge >= 0.3 is 0 Å². The van der Waals surface area contributed by atoms with Crippen LogP contribution < -0.4 is 10.6 Å². The van der Waals surface area contributed by atoms with Gasteiger partial charge < -0.3 is 20.6 Å². The third-order valence-electron chi connectivity index (χ3n) is 7.13. The Morgan fingerprint density at radius 2 is 1.70 bits per heavy atom. The first kappa shape index (κ1) is 25.0. The summed E-state index contributed by atoms with van der Waals surface area (Å²) < 4.78 is 0. The van der Waals surface area contributed by atoms with Crippen molar-refractivity contribution < 1.29 is 19.5 Å². The van der Waals surface area contributed by atoms with Gasteiger partial charge in [-0.05, 0) is 43.7 Å². The number of para-hydroxylation sites is 1. The molecule has 1 aliphatic heterocycles. The molecule has 0 radical (unpaired) electrons. The van der Waals surface area contributed by atoms with Gasteiger partial charge in [-0.1, -0.05) is 50.1 Å². The van der Waals surface area contributed by atoms with Crippen molar-refractivity contribution in [2.45, 2.75) is 52.5 Å². The first-order valence-electron chi connectivity index (χ1n) is 12.0. The molecular weight excluding hydrogens is 418 g/mol. The maximum Gasteiger partial charge on any atom is 0.247 e. The molecule has 1 aromatic rings. The third kappa shape index (κ3) is 5.13. The number of likely N-dealkylation sites (tertiary alicyclic amines) is 1. The number of aliphatic hydroxyl groups excluding tert-OH is 1. The van der Waals surface area contributed by atoms with Crippen LogP contribution in [0, 0.1) is 37.5 Å². The summed E-state index contributed by atoms with van der Waals surface area (Å²) in [5, 5.41) is 14.8. The molecule has 1 aromatic carbocycles. The van der Waals surface area contributed by atoms with Gasteiger partial charge in [0.25, 0.3) is 0 Å². The van der Waals surface area contributed by atoms with E-state index in [2.05, 4.69) is 10.6 Å². The molecule has 0 spiro atoms. The molecule has 3 N–H and O–H groups in total. The van der Waals surface area contributed by atoms with Crippen LogP contribution in [-0.4, -0.2) is 54.0 Å². The van der Waals surface area contributed by atoms with E-state index in [1.54, 1.807) is 11.9 Å². The lowest BCUT2D eigenvalue weighted by Crippen LogP contribution is -2.45. The third-order valence-corrected chi connectivity index (χ3v) is 7.13. The molecule has 1 fully saturated rings. The van der Waals surface area contributed by atoms with E-state index in [1.165, 1.54) is 0 Å². The zero-order valence-electron chi connectivity index (χ0n) is 20.1. The van der Waals surface area contributed by atoms with Gasteiger partial charge in [0, 0.05) is 31.8 Å². The van der Waals surface area contributed by atoms with Crippen molar-refractivity contribution in [3.05, 3.63) is 41.5 Å². The minimum Gasteiger partial charge on any atom is -0.396 e. The molecule has 0 bridgehead atoms. The van der Waals surface area contributed by atoms with E-state index in [0.717, 1.165) is 42.5 Å². The number of benzene rings is 1. The average molecular weight is 456 g/mol. The molecule has 33 heavy (non-hydrogen) atoms. The number of nitrogens with one attached hydrogen (secondary N) is 2.